The van der Waals surface area contributed by atoms with Gasteiger partial charge in [-0.15, -0.1) is 0 Å². The molecule has 1 heterocycles. The molecule has 0 aliphatic carbocycles. The summed E-state index contributed by atoms with van der Waals surface area (Å²) < 4.78 is 40.6. The zero-order chi connectivity index (χ0) is 18.7. The molecule has 7 heteroatoms. The van der Waals surface area contributed by atoms with E-state index >= 15 is 0 Å². The summed E-state index contributed by atoms with van der Waals surface area (Å²) in [5, 5.41) is 2.58. The lowest BCUT2D eigenvalue weighted by molar-refractivity contribution is 0.102. The molecule has 1 fully saturated rings. The number of carbonyl (C=O) groups excluding carboxylic acids is 1. The molecule has 0 bridgehead atoms. The number of rotatable bonds is 4. The average Bonchev–Trinajstić information content (AvgIpc) is 2.62. The van der Waals surface area contributed by atoms with Crippen LogP contribution in [0.3, 0.4) is 0 Å². The van der Waals surface area contributed by atoms with Gasteiger partial charge in [0.2, 0.25) is 10.0 Å². The number of hydrogen-bond acceptors (Lipinski definition) is 3. The van der Waals surface area contributed by atoms with Gasteiger partial charge in [0.25, 0.3) is 5.91 Å². The maximum absolute atomic E-state index is 13.2. The van der Waals surface area contributed by atoms with Gasteiger partial charge >= 0.3 is 0 Å². The van der Waals surface area contributed by atoms with Gasteiger partial charge in [-0.2, -0.15) is 4.31 Å². The molecule has 0 spiro atoms. The highest BCUT2D eigenvalue weighted by Gasteiger charge is 2.31. The fraction of sp³-hybridized carbons (Fsp3) is 0.316. The zero-order valence-electron chi connectivity index (χ0n) is 14.5. The number of anilines is 1. The standard InChI is InChI=1S/C19H21FN2O3S/c1-14-6-2-3-11-22(14)26(24,25)18-10-4-7-15(12-18)19(23)21-17-9-5-8-16(20)13-17/h4-5,7-10,12-14H,2-3,6,11H2,1H3,(H,21,23)/t14-/m1/s1. The highest BCUT2D eigenvalue weighted by molar-refractivity contribution is 7.89. The smallest absolute Gasteiger partial charge is 0.255 e. The van der Waals surface area contributed by atoms with Crippen LogP contribution >= 0.6 is 0 Å². The van der Waals surface area contributed by atoms with Gasteiger partial charge in [0.1, 0.15) is 5.82 Å². The molecular weight excluding hydrogens is 355 g/mol. The van der Waals surface area contributed by atoms with E-state index in [0.29, 0.717) is 12.2 Å². The predicted octanol–water partition coefficient (Wildman–Crippen LogP) is 3.64. The molecule has 1 aliphatic heterocycles. The van der Waals surface area contributed by atoms with Crippen LogP contribution in [-0.2, 0) is 10.0 Å². The fourth-order valence-electron chi connectivity index (χ4n) is 3.13. The van der Waals surface area contributed by atoms with Crippen molar-refractivity contribution in [1.82, 2.24) is 4.31 Å². The molecule has 1 N–H and O–H groups in total. The molecule has 138 valence electrons. The first-order valence-electron chi connectivity index (χ1n) is 8.57. The fourth-order valence-corrected chi connectivity index (χ4v) is 4.88. The second kappa shape index (κ2) is 7.55. The summed E-state index contributed by atoms with van der Waals surface area (Å²) >= 11 is 0. The second-order valence-electron chi connectivity index (χ2n) is 6.45. The first kappa shape index (κ1) is 18.5. The van der Waals surface area contributed by atoms with Gasteiger partial charge in [0.05, 0.1) is 4.90 Å². The van der Waals surface area contributed by atoms with E-state index in [1.54, 1.807) is 12.1 Å². The van der Waals surface area contributed by atoms with Crippen LogP contribution in [0.25, 0.3) is 0 Å². The molecule has 3 rings (SSSR count). The van der Waals surface area contributed by atoms with Gasteiger partial charge in [-0.1, -0.05) is 18.6 Å². The van der Waals surface area contributed by atoms with Gasteiger partial charge in [-0.3, -0.25) is 4.79 Å². The number of nitrogens with zero attached hydrogens (tertiary/aromatic N) is 1. The molecule has 2 aromatic rings. The monoisotopic (exact) mass is 376 g/mol. The van der Waals surface area contributed by atoms with Crippen molar-refractivity contribution >= 4 is 21.6 Å². The Balaban J connectivity index is 1.84. The summed E-state index contributed by atoms with van der Waals surface area (Å²) in [6.07, 6.45) is 2.69. The number of amides is 1. The number of nitrogens with one attached hydrogen (secondary N) is 1. The van der Waals surface area contributed by atoms with Crippen LogP contribution < -0.4 is 5.32 Å². The molecule has 1 saturated heterocycles. The molecule has 0 unspecified atom stereocenters. The molecule has 26 heavy (non-hydrogen) atoms. The number of piperidine rings is 1. The van der Waals surface area contributed by atoms with E-state index in [-0.39, 0.29) is 16.5 Å². The highest BCUT2D eigenvalue weighted by atomic mass is 32.2. The largest absolute Gasteiger partial charge is 0.322 e. The van der Waals surface area contributed by atoms with Crippen LogP contribution in [-0.4, -0.2) is 31.2 Å². The summed E-state index contributed by atoms with van der Waals surface area (Å²) in [4.78, 5) is 12.5. The molecule has 0 saturated carbocycles. The van der Waals surface area contributed by atoms with E-state index in [1.165, 1.54) is 40.7 Å². The minimum atomic E-state index is -3.65. The van der Waals surface area contributed by atoms with Crippen molar-refractivity contribution in [3.05, 3.63) is 59.9 Å². The lowest BCUT2D eigenvalue weighted by atomic mass is 10.1. The molecule has 1 amide bonds. The number of halogens is 1. The van der Waals surface area contributed by atoms with E-state index in [2.05, 4.69) is 5.32 Å². The van der Waals surface area contributed by atoms with Crippen LogP contribution in [0, 0.1) is 5.82 Å². The molecule has 5 nitrogen and oxygen atoms in total. The third-order valence-electron chi connectivity index (χ3n) is 4.53. The molecule has 1 aliphatic rings. The Morgan fingerprint density at radius 1 is 1.15 bits per heavy atom. The van der Waals surface area contributed by atoms with Gasteiger partial charge in [-0.25, -0.2) is 12.8 Å². The second-order valence-corrected chi connectivity index (χ2v) is 8.34. The van der Waals surface area contributed by atoms with Crippen LogP contribution in [0.5, 0.6) is 0 Å². The molecular formula is C19H21FN2O3S. The van der Waals surface area contributed by atoms with Crippen molar-refractivity contribution in [2.24, 2.45) is 0 Å². The van der Waals surface area contributed by atoms with Crippen LogP contribution in [0.4, 0.5) is 10.1 Å². The number of hydrogen-bond donors (Lipinski definition) is 1. The first-order chi connectivity index (χ1) is 12.4. The third kappa shape index (κ3) is 3.94. The lowest BCUT2D eigenvalue weighted by Gasteiger charge is -2.32. The third-order valence-corrected chi connectivity index (χ3v) is 6.54. The van der Waals surface area contributed by atoms with E-state index in [0.717, 1.165) is 19.3 Å². The molecule has 0 radical (unpaired) electrons. The Kier molecular flexibility index (Phi) is 5.38. The van der Waals surface area contributed by atoms with Crippen molar-refractivity contribution in [3.8, 4) is 0 Å². The topological polar surface area (TPSA) is 66.5 Å². The van der Waals surface area contributed by atoms with E-state index in [4.69, 9.17) is 0 Å². The maximum atomic E-state index is 13.2. The zero-order valence-corrected chi connectivity index (χ0v) is 15.3. The first-order valence-corrected chi connectivity index (χ1v) is 10.0. The number of carbonyl (C=O) groups is 1. The van der Waals surface area contributed by atoms with Gasteiger partial charge in [0, 0.05) is 23.8 Å². The van der Waals surface area contributed by atoms with Gasteiger partial charge in [0.15, 0.2) is 0 Å². The SMILES string of the molecule is C[C@@H]1CCCCN1S(=O)(=O)c1cccc(C(=O)Nc2cccc(F)c2)c1. The van der Waals surface area contributed by atoms with Crippen LogP contribution in [0.1, 0.15) is 36.5 Å². The van der Waals surface area contributed by atoms with E-state index < -0.39 is 21.7 Å². The number of sulfonamides is 1. The van der Waals surface area contributed by atoms with Crippen molar-refractivity contribution in [1.29, 1.82) is 0 Å². The van der Waals surface area contributed by atoms with Gasteiger partial charge in [-0.05, 0) is 56.2 Å². The van der Waals surface area contributed by atoms with E-state index in [1.807, 2.05) is 6.92 Å². The normalized spacial score (nSPS) is 18.5. The van der Waals surface area contributed by atoms with Gasteiger partial charge < -0.3 is 5.32 Å². The maximum Gasteiger partial charge on any atom is 0.255 e. The van der Waals surface area contributed by atoms with Crippen molar-refractivity contribution in [3.63, 3.8) is 0 Å². The molecule has 2 aromatic carbocycles. The quantitative estimate of drug-likeness (QED) is 0.886. The van der Waals surface area contributed by atoms with E-state index in [9.17, 15) is 17.6 Å². The Morgan fingerprint density at radius 3 is 2.65 bits per heavy atom. The summed E-state index contributed by atoms with van der Waals surface area (Å²) in [6, 6.07) is 11.4. The number of benzene rings is 2. The molecule has 0 aromatic heterocycles. The van der Waals surface area contributed by atoms with Crippen molar-refractivity contribution in [2.75, 3.05) is 11.9 Å². The van der Waals surface area contributed by atoms with Crippen LogP contribution in [0.2, 0.25) is 0 Å². The Bertz CT molecular complexity index is 915. The summed E-state index contributed by atoms with van der Waals surface area (Å²) in [7, 11) is -3.65. The Labute approximate surface area is 152 Å². The average molecular weight is 376 g/mol. The van der Waals surface area contributed by atoms with Crippen LogP contribution in [0.15, 0.2) is 53.4 Å². The predicted molar refractivity (Wildman–Crippen MR) is 98.0 cm³/mol. The Morgan fingerprint density at radius 2 is 1.92 bits per heavy atom. The van der Waals surface area contributed by atoms with Crippen molar-refractivity contribution in [2.45, 2.75) is 37.1 Å². The Hall–Kier alpha value is -2.25. The lowest BCUT2D eigenvalue weighted by Crippen LogP contribution is -2.41. The van der Waals surface area contributed by atoms with Crippen molar-refractivity contribution < 1.29 is 17.6 Å². The minimum absolute atomic E-state index is 0.0569. The molecule has 1 atom stereocenters. The summed E-state index contributed by atoms with van der Waals surface area (Å²) in [5.74, 6) is -0.947. The minimum Gasteiger partial charge on any atom is -0.322 e. The summed E-state index contributed by atoms with van der Waals surface area (Å²) in [6.45, 7) is 2.39. The highest BCUT2D eigenvalue weighted by Crippen LogP contribution is 2.25. The summed E-state index contributed by atoms with van der Waals surface area (Å²) in [5.41, 5.74) is 0.521.